The molecule has 0 spiro atoms. The van der Waals surface area contributed by atoms with Gasteiger partial charge in [-0.2, -0.15) is 0 Å². The second-order valence-corrected chi connectivity index (χ2v) is 5.92. The molecule has 2 saturated heterocycles. The summed E-state index contributed by atoms with van der Waals surface area (Å²) in [7, 11) is 0. The van der Waals surface area contributed by atoms with E-state index in [-0.39, 0.29) is 17.9 Å². The molecule has 0 saturated carbocycles. The van der Waals surface area contributed by atoms with E-state index in [1.807, 2.05) is 12.1 Å². The molecule has 3 rings (SSSR count). The monoisotopic (exact) mass is 322 g/mol. The van der Waals surface area contributed by atoms with Crippen molar-refractivity contribution in [3.8, 4) is 0 Å². The van der Waals surface area contributed by atoms with Gasteiger partial charge in [0.1, 0.15) is 0 Å². The highest BCUT2D eigenvalue weighted by Crippen LogP contribution is 2.28. The Morgan fingerprint density at radius 3 is 2.32 bits per heavy atom. The van der Waals surface area contributed by atoms with Crippen LogP contribution in [-0.4, -0.2) is 35.8 Å². The predicted molar refractivity (Wildman–Crippen MR) is 75.8 cm³/mol. The molecule has 19 heavy (non-hydrogen) atoms. The van der Waals surface area contributed by atoms with Gasteiger partial charge in [-0.25, -0.2) is 4.90 Å². The summed E-state index contributed by atoms with van der Waals surface area (Å²) in [6.07, 6.45) is 2.56. The van der Waals surface area contributed by atoms with Crippen LogP contribution in [0.15, 0.2) is 28.7 Å². The molecule has 1 aromatic carbocycles. The van der Waals surface area contributed by atoms with E-state index in [2.05, 4.69) is 20.8 Å². The molecule has 1 aromatic rings. The molecule has 2 fully saturated rings. The number of carbonyl (C=O) groups is 2. The number of hydrogen-bond donors (Lipinski definition) is 0. The average molecular weight is 323 g/mol. The topological polar surface area (TPSA) is 40.6 Å². The van der Waals surface area contributed by atoms with E-state index in [1.54, 1.807) is 12.1 Å². The van der Waals surface area contributed by atoms with Gasteiger partial charge < -0.3 is 0 Å². The number of nitrogens with zero attached hydrogens (tertiary/aromatic N) is 2. The van der Waals surface area contributed by atoms with Gasteiger partial charge >= 0.3 is 0 Å². The zero-order valence-electron chi connectivity index (χ0n) is 10.5. The lowest BCUT2D eigenvalue weighted by Gasteiger charge is -2.21. The minimum atomic E-state index is -0.251. The summed E-state index contributed by atoms with van der Waals surface area (Å²) in [6, 6.07) is 7.04. The molecule has 0 N–H and O–H groups in total. The van der Waals surface area contributed by atoms with Gasteiger partial charge in [0, 0.05) is 4.47 Å². The third-order valence-corrected chi connectivity index (χ3v) is 4.32. The van der Waals surface area contributed by atoms with Crippen molar-refractivity contribution < 1.29 is 9.59 Å². The Kier molecular flexibility index (Phi) is 3.41. The largest absolute Gasteiger partial charge is 0.292 e. The quantitative estimate of drug-likeness (QED) is 0.783. The molecule has 100 valence electrons. The van der Waals surface area contributed by atoms with E-state index in [4.69, 9.17) is 0 Å². The Balaban J connectivity index is 1.84. The third-order valence-electron chi connectivity index (χ3n) is 3.79. The minimum absolute atomic E-state index is 0.0748. The standard InChI is InChI=1S/C14H15BrN2O2/c15-10-3-5-11(6-4-10)17-13(18)9-12(14(17)19)16-7-1-2-8-16/h3-6,12H,1-2,7-9H2/t12-/m0/s1. The Bertz CT molecular complexity index is 509. The normalized spacial score (nSPS) is 24.5. The van der Waals surface area contributed by atoms with Crippen molar-refractivity contribution in [2.75, 3.05) is 18.0 Å². The van der Waals surface area contributed by atoms with Gasteiger partial charge in [-0.15, -0.1) is 0 Å². The van der Waals surface area contributed by atoms with Crippen molar-refractivity contribution in [2.45, 2.75) is 25.3 Å². The summed E-state index contributed by atoms with van der Waals surface area (Å²) in [6.45, 7) is 1.86. The number of anilines is 1. The average Bonchev–Trinajstić information content (AvgIpc) is 3.00. The van der Waals surface area contributed by atoms with Gasteiger partial charge in [0.05, 0.1) is 18.2 Å². The van der Waals surface area contributed by atoms with Crippen LogP contribution < -0.4 is 4.90 Å². The van der Waals surface area contributed by atoms with Crippen molar-refractivity contribution in [3.05, 3.63) is 28.7 Å². The van der Waals surface area contributed by atoms with Gasteiger partial charge in [-0.05, 0) is 50.2 Å². The fourth-order valence-electron chi connectivity index (χ4n) is 2.82. The molecule has 0 aliphatic carbocycles. The van der Waals surface area contributed by atoms with Crippen LogP contribution >= 0.6 is 15.9 Å². The number of hydrogen-bond acceptors (Lipinski definition) is 3. The molecule has 1 atom stereocenters. The lowest BCUT2D eigenvalue weighted by molar-refractivity contribution is -0.122. The first-order valence-corrected chi connectivity index (χ1v) is 7.32. The number of benzene rings is 1. The molecule has 0 bridgehead atoms. The first-order chi connectivity index (χ1) is 9.16. The van der Waals surface area contributed by atoms with Crippen LogP contribution in [0.5, 0.6) is 0 Å². The second-order valence-electron chi connectivity index (χ2n) is 5.01. The molecule has 0 unspecified atom stereocenters. The molecule has 2 aliphatic rings. The molecule has 4 nitrogen and oxygen atoms in total. The zero-order chi connectivity index (χ0) is 13.4. The number of likely N-dealkylation sites (tertiary alicyclic amines) is 1. The summed E-state index contributed by atoms with van der Waals surface area (Å²) < 4.78 is 0.937. The summed E-state index contributed by atoms with van der Waals surface area (Å²) >= 11 is 3.35. The van der Waals surface area contributed by atoms with E-state index in [0.717, 1.165) is 30.4 Å². The molecule has 2 heterocycles. The smallest absolute Gasteiger partial charge is 0.251 e. The minimum Gasteiger partial charge on any atom is -0.292 e. The van der Waals surface area contributed by atoms with Gasteiger partial charge in [0.2, 0.25) is 5.91 Å². The fourth-order valence-corrected chi connectivity index (χ4v) is 3.08. The summed E-state index contributed by atoms with van der Waals surface area (Å²) in [4.78, 5) is 28.0. The van der Waals surface area contributed by atoms with E-state index in [0.29, 0.717) is 12.1 Å². The first kappa shape index (κ1) is 12.8. The maximum absolute atomic E-state index is 12.4. The van der Waals surface area contributed by atoms with Gasteiger partial charge in [0.25, 0.3) is 5.91 Å². The Labute approximate surface area is 120 Å². The highest BCUT2D eigenvalue weighted by molar-refractivity contribution is 9.10. The number of rotatable bonds is 2. The molecule has 0 aromatic heterocycles. The number of imide groups is 1. The zero-order valence-corrected chi connectivity index (χ0v) is 12.1. The van der Waals surface area contributed by atoms with Crippen LogP contribution in [0.4, 0.5) is 5.69 Å². The van der Waals surface area contributed by atoms with E-state index < -0.39 is 0 Å². The van der Waals surface area contributed by atoms with Crippen molar-refractivity contribution >= 4 is 33.4 Å². The summed E-state index contributed by atoms with van der Waals surface area (Å²) in [5.41, 5.74) is 0.667. The lowest BCUT2D eigenvalue weighted by Crippen LogP contribution is -2.40. The van der Waals surface area contributed by atoms with E-state index >= 15 is 0 Å². The summed E-state index contributed by atoms with van der Waals surface area (Å²) in [5.74, 6) is -0.168. The Morgan fingerprint density at radius 1 is 1.05 bits per heavy atom. The molecular formula is C14H15BrN2O2. The lowest BCUT2D eigenvalue weighted by atomic mass is 10.2. The van der Waals surface area contributed by atoms with Crippen molar-refractivity contribution in [3.63, 3.8) is 0 Å². The number of halogens is 1. The number of carbonyl (C=O) groups excluding carboxylic acids is 2. The maximum atomic E-state index is 12.4. The molecule has 5 heteroatoms. The van der Waals surface area contributed by atoms with Gasteiger partial charge in [-0.3, -0.25) is 14.5 Å². The third kappa shape index (κ3) is 2.32. The molecule has 0 radical (unpaired) electrons. The predicted octanol–water partition coefficient (Wildman–Crippen LogP) is 2.18. The van der Waals surface area contributed by atoms with E-state index in [9.17, 15) is 9.59 Å². The summed E-state index contributed by atoms with van der Waals surface area (Å²) in [5, 5.41) is 0. The van der Waals surface area contributed by atoms with Crippen LogP contribution in [0.3, 0.4) is 0 Å². The van der Waals surface area contributed by atoms with E-state index in [1.165, 1.54) is 4.90 Å². The van der Waals surface area contributed by atoms with Crippen LogP contribution in [0.2, 0.25) is 0 Å². The van der Waals surface area contributed by atoms with Crippen LogP contribution in [0.25, 0.3) is 0 Å². The fraction of sp³-hybridized carbons (Fsp3) is 0.429. The first-order valence-electron chi connectivity index (χ1n) is 6.53. The van der Waals surface area contributed by atoms with Crippen molar-refractivity contribution in [2.24, 2.45) is 0 Å². The molecule has 2 amide bonds. The van der Waals surface area contributed by atoms with Crippen molar-refractivity contribution in [1.29, 1.82) is 0 Å². The Hall–Kier alpha value is -1.20. The van der Waals surface area contributed by atoms with Crippen LogP contribution in [0.1, 0.15) is 19.3 Å². The van der Waals surface area contributed by atoms with Gasteiger partial charge in [0.15, 0.2) is 0 Å². The number of amides is 2. The van der Waals surface area contributed by atoms with Crippen LogP contribution in [-0.2, 0) is 9.59 Å². The maximum Gasteiger partial charge on any atom is 0.251 e. The van der Waals surface area contributed by atoms with Gasteiger partial charge in [-0.1, -0.05) is 15.9 Å². The van der Waals surface area contributed by atoms with Crippen LogP contribution in [0, 0.1) is 0 Å². The molecular weight excluding hydrogens is 308 g/mol. The highest BCUT2D eigenvalue weighted by atomic mass is 79.9. The SMILES string of the molecule is O=C1C[C@H](N2CCCC2)C(=O)N1c1ccc(Br)cc1. The second kappa shape index (κ2) is 5.06. The van der Waals surface area contributed by atoms with Crippen molar-refractivity contribution in [1.82, 2.24) is 4.90 Å². The highest BCUT2D eigenvalue weighted by Gasteiger charge is 2.43. The Morgan fingerprint density at radius 2 is 1.68 bits per heavy atom. The molecule has 2 aliphatic heterocycles.